The number of hydrogen-bond acceptors (Lipinski definition) is 7. The number of sulfonamides is 1. The van der Waals surface area contributed by atoms with Crippen LogP contribution in [0.15, 0.2) is 77.5 Å². The zero-order valence-electron chi connectivity index (χ0n) is 21.5. The van der Waals surface area contributed by atoms with Gasteiger partial charge in [-0.1, -0.05) is 44.0 Å². The number of benzene rings is 2. The molecule has 40 heavy (non-hydrogen) atoms. The van der Waals surface area contributed by atoms with Crippen LogP contribution in [0.2, 0.25) is 10.0 Å². The molecule has 5 aromatic rings. The van der Waals surface area contributed by atoms with E-state index in [-0.39, 0.29) is 20.6 Å². The van der Waals surface area contributed by atoms with E-state index >= 15 is 0 Å². The van der Waals surface area contributed by atoms with E-state index in [1.165, 1.54) is 35.9 Å². The van der Waals surface area contributed by atoms with E-state index in [0.717, 1.165) is 14.8 Å². The highest BCUT2D eigenvalue weighted by Gasteiger charge is 2.43. The van der Waals surface area contributed by atoms with Crippen molar-refractivity contribution in [3.8, 4) is 16.5 Å². The molecule has 2 aromatic carbocycles. The van der Waals surface area contributed by atoms with Crippen LogP contribution < -0.4 is 4.31 Å². The minimum absolute atomic E-state index is 0.114. The molecule has 1 unspecified atom stereocenters. The summed E-state index contributed by atoms with van der Waals surface area (Å²) in [6.07, 6.45) is 4.96. The molecule has 3 heterocycles. The molecule has 0 saturated heterocycles. The fourth-order valence-corrected chi connectivity index (χ4v) is 7.57. The lowest BCUT2D eigenvalue weighted by atomic mass is 9.86. The van der Waals surface area contributed by atoms with Gasteiger partial charge in [0.2, 0.25) is 0 Å². The van der Waals surface area contributed by atoms with Gasteiger partial charge >= 0.3 is 5.97 Å². The molecular weight excluding hydrogens is 593 g/mol. The lowest BCUT2D eigenvalue weighted by Gasteiger charge is -2.37. The first-order valence-corrected chi connectivity index (χ1v) is 15.0. The average molecular weight is 617 g/mol. The van der Waals surface area contributed by atoms with E-state index in [4.69, 9.17) is 23.2 Å². The van der Waals surface area contributed by atoms with Gasteiger partial charge < -0.3 is 9.67 Å². The molecule has 206 valence electrons. The Bertz CT molecular complexity index is 1810. The molecule has 3 aromatic heterocycles. The first-order chi connectivity index (χ1) is 18.9. The quantitative estimate of drug-likeness (QED) is 0.220. The predicted molar refractivity (Wildman–Crippen MR) is 157 cm³/mol. The van der Waals surface area contributed by atoms with Gasteiger partial charge in [-0.2, -0.15) is 0 Å². The summed E-state index contributed by atoms with van der Waals surface area (Å²) in [6, 6.07) is 11.0. The molecular formula is C27H23Cl2N5O4S2. The van der Waals surface area contributed by atoms with Crippen molar-refractivity contribution in [1.29, 1.82) is 0 Å². The highest BCUT2D eigenvalue weighted by atomic mass is 35.5. The summed E-state index contributed by atoms with van der Waals surface area (Å²) in [7, 11) is -4.42. The Morgan fingerprint density at radius 1 is 1.02 bits per heavy atom. The topological polar surface area (TPSA) is 118 Å². The molecule has 1 N–H and O–H groups in total. The molecule has 0 saturated carbocycles. The van der Waals surface area contributed by atoms with E-state index in [2.05, 4.69) is 15.0 Å². The maximum atomic E-state index is 14.1. The first-order valence-electron chi connectivity index (χ1n) is 11.9. The van der Waals surface area contributed by atoms with E-state index in [1.807, 2.05) is 16.0 Å². The molecule has 0 fully saturated rings. The lowest BCUT2D eigenvalue weighted by Crippen LogP contribution is -2.52. The maximum Gasteiger partial charge on any atom is 0.328 e. The first kappa shape index (κ1) is 28.0. The second-order valence-electron chi connectivity index (χ2n) is 10.0. The van der Waals surface area contributed by atoms with Crippen LogP contribution in [0, 0.1) is 5.41 Å². The number of thiazole rings is 1. The van der Waals surface area contributed by atoms with Gasteiger partial charge in [-0.25, -0.2) is 28.2 Å². The van der Waals surface area contributed by atoms with Crippen LogP contribution in [0.3, 0.4) is 0 Å². The molecule has 0 bridgehead atoms. The molecule has 9 nitrogen and oxygen atoms in total. The molecule has 5 rings (SSSR count). The Balaban J connectivity index is 1.66. The molecule has 0 spiro atoms. The van der Waals surface area contributed by atoms with Crippen molar-refractivity contribution in [2.24, 2.45) is 5.41 Å². The Hall–Kier alpha value is -3.51. The van der Waals surface area contributed by atoms with Gasteiger partial charge in [-0.15, -0.1) is 11.3 Å². The lowest BCUT2D eigenvalue weighted by molar-refractivity contribution is -0.140. The molecule has 0 radical (unpaired) electrons. The summed E-state index contributed by atoms with van der Waals surface area (Å²) in [5.41, 5.74) is 0.605. The van der Waals surface area contributed by atoms with Crippen molar-refractivity contribution in [2.75, 3.05) is 4.31 Å². The average Bonchev–Trinajstić information content (AvgIpc) is 3.56. The number of aliphatic carboxylic acids is 1. The van der Waals surface area contributed by atoms with Gasteiger partial charge in [0.1, 0.15) is 28.9 Å². The second-order valence-corrected chi connectivity index (χ2v) is 13.6. The zero-order chi connectivity index (χ0) is 28.8. The summed E-state index contributed by atoms with van der Waals surface area (Å²) in [4.78, 5) is 25.4. The van der Waals surface area contributed by atoms with Crippen molar-refractivity contribution >= 4 is 67.1 Å². The summed E-state index contributed by atoms with van der Waals surface area (Å²) >= 11 is 13.7. The standard InChI is InChI=1S/C27H23Cl2N5O4S2/c1-27(2,3)24(26(35)36)34(40(37,38)20-12-17(28)11-18(29)13-20)19-4-5-22-16(10-19)6-8-33(22)23-14-21(31-15-32-23)25-30-7-9-39-25/h4-15,24H,1-3H3,(H,35,36). The third-order valence-corrected chi connectivity index (χ3v) is 9.16. The fraction of sp³-hybridized carbons (Fsp3) is 0.185. The zero-order valence-corrected chi connectivity index (χ0v) is 24.6. The van der Waals surface area contributed by atoms with Crippen LogP contribution in [0.1, 0.15) is 20.8 Å². The van der Waals surface area contributed by atoms with Crippen molar-refractivity contribution < 1.29 is 18.3 Å². The Morgan fingerprint density at radius 2 is 1.75 bits per heavy atom. The van der Waals surface area contributed by atoms with Gasteiger partial charge in [0, 0.05) is 39.3 Å². The van der Waals surface area contributed by atoms with Crippen LogP contribution in [0.25, 0.3) is 27.4 Å². The normalized spacial score (nSPS) is 12.9. The number of carbonyl (C=O) groups is 1. The van der Waals surface area contributed by atoms with Crippen LogP contribution >= 0.6 is 34.5 Å². The van der Waals surface area contributed by atoms with Crippen LogP contribution in [0.4, 0.5) is 5.69 Å². The molecule has 0 amide bonds. The van der Waals surface area contributed by atoms with Crippen molar-refractivity contribution in [2.45, 2.75) is 31.7 Å². The monoisotopic (exact) mass is 615 g/mol. The van der Waals surface area contributed by atoms with Gasteiger partial charge in [-0.05, 0) is 47.9 Å². The molecule has 0 aliphatic carbocycles. The van der Waals surface area contributed by atoms with E-state index < -0.39 is 27.4 Å². The number of nitrogens with zero attached hydrogens (tertiary/aromatic N) is 5. The van der Waals surface area contributed by atoms with Gasteiger partial charge in [-0.3, -0.25) is 4.31 Å². The summed E-state index contributed by atoms with van der Waals surface area (Å²) in [6.45, 7) is 5.01. The predicted octanol–water partition coefficient (Wildman–Crippen LogP) is 6.55. The number of anilines is 1. The van der Waals surface area contributed by atoms with Crippen LogP contribution in [-0.4, -0.2) is 45.1 Å². The minimum atomic E-state index is -4.42. The van der Waals surface area contributed by atoms with E-state index in [1.54, 1.807) is 57.4 Å². The Labute approximate surface area is 244 Å². The molecule has 0 aliphatic rings. The second kappa shape index (κ2) is 10.5. The smallest absolute Gasteiger partial charge is 0.328 e. The maximum absolute atomic E-state index is 14.1. The number of halogens is 2. The summed E-state index contributed by atoms with van der Waals surface area (Å²) in [5.74, 6) is -0.698. The van der Waals surface area contributed by atoms with E-state index in [0.29, 0.717) is 16.9 Å². The number of carboxylic acids is 1. The third kappa shape index (κ3) is 5.29. The highest BCUT2D eigenvalue weighted by Crippen LogP contribution is 2.37. The minimum Gasteiger partial charge on any atom is -0.480 e. The number of carboxylic acid groups (broad SMARTS) is 1. The Kier molecular flexibility index (Phi) is 7.34. The van der Waals surface area contributed by atoms with Crippen LogP contribution in [-0.2, 0) is 14.8 Å². The third-order valence-electron chi connectivity index (χ3n) is 6.16. The van der Waals surface area contributed by atoms with Crippen molar-refractivity contribution in [3.05, 3.63) is 82.7 Å². The molecule has 13 heteroatoms. The van der Waals surface area contributed by atoms with Gasteiger partial charge in [0.25, 0.3) is 10.0 Å². The Morgan fingerprint density at radius 3 is 2.38 bits per heavy atom. The summed E-state index contributed by atoms with van der Waals surface area (Å²) in [5, 5.41) is 13.8. The van der Waals surface area contributed by atoms with Gasteiger partial charge in [0.05, 0.1) is 16.1 Å². The largest absolute Gasteiger partial charge is 0.480 e. The van der Waals surface area contributed by atoms with Gasteiger partial charge in [0.15, 0.2) is 0 Å². The number of fused-ring (bicyclic) bond motifs is 1. The van der Waals surface area contributed by atoms with Crippen LogP contribution in [0.5, 0.6) is 0 Å². The highest BCUT2D eigenvalue weighted by molar-refractivity contribution is 7.93. The molecule has 1 atom stereocenters. The SMILES string of the molecule is CC(C)(C)C(C(=O)O)N(c1ccc2c(ccn2-c2cc(-c3nccs3)ncn2)c1)S(=O)(=O)c1cc(Cl)cc(Cl)c1. The van der Waals surface area contributed by atoms with Crippen molar-refractivity contribution in [3.63, 3.8) is 0 Å². The number of aromatic nitrogens is 4. The molecule has 0 aliphatic heterocycles. The fourth-order valence-electron chi connectivity index (χ4n) is 4.45. The number of hydrogen-bond donors (Lipinski definition) is 1. The number of rotatable bonds is 7. The van der Waals surface area contributed by atoms with Crippen molar-refractivity contribution in [1.82, 2.24) is 19.5 Å². The van der Waals surface area contributed by atoms with E-state index in [9.17, 15) is 18.3 Å². The summed E-state index contributed by atoms with van der Waals surface area (Å²) < 4.78 is 30.9.